The van der Waals surface area contributed by atoms with Crippen LogP contribution in [0.1, 0.15) is 5.56 Å². The molecule has 0 fully saturated rings. The minimum Gasteiger partial charge on any atom is -0.394 e. The second kappa shape index (κ2) is 7.22. The first kappa shape index (κ1) is 13.0. The fourth-order valence-electron chi connectivity index (χ4n) is 1.12. The van der Waals surface area contributed by atoms with E-state index in [0.717, 1.165) is 5.56 Å². The molecule has 0 saturated carbocycles. The summed E-state index contributed by atoms with van der Waals surface area (Å²) in [5, 5.41) is 11.7. The number of halogens is 1. The number of carbonyl (C=O) groups is 1. The van der Waals surface area contributed by atoms with Crippen molar-refractivity contribution in [3.63, 3.8) is 0 Å². The highest BCUT2D eigenvalue weighted by Crippen LogP contribution is 2.13. The molecule has 0 aromatic heterocycles. The van der Waals surface area contributed by atoms with E-state index in [1.807, 2.05) is 18.2 Å². The lowest BCUT2D eigenvalue weighted by Crippen LogP contribution is -2.27. The number of rotatable bonds is 6. The average Bonchev–Trinajstić information content (AvgIpc) is 2.28. The number of hydrogen-bond donors (Lipinski definition) is 2. The largest absolute Gasteiger partial charge is 0.394 e. The highest BCUT2D eigenvalue weighted by molar-refractivity contribution is 6.31. The Morgan fingerprint density at radius 1 is 1.44 bits per heavy atom. The SMILES string of the molecule is O=C(COCCO)NCc1ccccc1Cl. The van der Waals surface area contributed by atoms with Crippen LogP contribution in [0.2, 0.25) is 5.02 Å². The van der Waals surface area contributed by atoms with Gasteiger partial charge in [0.1, 0.15) is 6.61 Å². The fourth-order valence-corrected chi connectivity index (χ4v) is 1.32. The van der Waals surface area contributed by atoms with E-state index in [0.29, 0.717) is 11.6 Å². The van der Waals surface area contributed by atoms with Crippen LogP contribution in [0.4, 0.5) is 0 Å². The Kier molecular flexibility index (Phi) is 5.85. The van der Waals surface area contributed by atoms with Crippen molar-refractivity contribution in [2.24, 2.45) is 0 Å². The average molecular weight is 244 g/mol. The van der Waals surface area contributed by atoms with Crippen LogP contribution < -0.4 is 5.32 Å². The van der Waals surface area contributed by atoms with Gasteiger partial charge in [-0.3, -0.25) is 4.79 Å². The lowest BCUT2D eigenvalue weighted by atomic mass is 10.2. The predicted molar refractivity (Wildman–Crippen MR) is 61.2 cm³/mol. The maximum Gasteiger partial charge on any atom is 0.246 e. The first-order chi connectivity index (χ1) is 7.74. The van der Waals surface area contributed by atoms with Gasteiger partial charge in [-0.2, -0.15) is 0 Å². The van der Waals surface area contributed by atoms with Crippen LogP contribution in [0.25, 0.3) is 0 Å². The van der Waals surface area contributed by atoms with Gasteiger partial charge in [-0.05, 0) is 11.6 Å². The minimum atomic E-state index is -0.228. The quantitative estimate of drug-likeness (QED) is 0.732. The van der Waals surface area contributed by atoms with Gasteiger partial charge in [-0.1, -0.05) is 29.8 Å². The molecule has 2 N–H and O–H groups in total. The molecule has 0 radical (unpaired) electrons. The van der Waals surface area contributed by atoms with E-state index in [1.165, 1.54) is 0 Å². The smallest absolute Gasteiger partial charge is 0.246 e. The molecule has 0 atom stereocenters. The Morgan fingerprint density at radius 2 is 2.19 bits per heavy atom. The van der Waals surface area contributed by atoms with E-state index in [9.17, 15) is 4.79 Å². The molecular formula is C11H14ClNO3. The number of aliphatic hydroxyl groups excluding tert-OH is 1. The Balaban J connectivity index is 2.29. The van der Waals surface area contributed by atoms with Gasteiger partial charge in [0.25, 0.3) is 0 Å². The van der Waals surface area contributed by atoms with Gasteiger partial charge < -0.3 is 15.2 Å². The summed E-state index contributed by atoms with van der Waals surface area (Å²) in [5.74, 6) is -0.228. The second-order valence-electron chi connectivity index (χ2n) is 3.14. The third-order valence-corrected chi connectivity index (χ3v) is 2.27. The van der Waals surface area contributed by atoms with Crippen molar-refractivity contribution in [3.8, 4) is 0 Å². The summed E-state index contributed by atoms with van der Waals surface area (Å²) >= 11 is 5.92. The van der Waals surface area contributed by atoms with Crippen molar-refractivity contribution in [2.75, 3.05) is 19.8 Å². The van der Waals surface area contributed by atoms with Crippen LogP contribution in [0, 0.1) is 0 Å². The summed E-state index contributed by atoms with van der Waals surface area (Å²) < 4.78 is 4.87. The molecule has 0 saturated heterocycles. The molecule has 0 bridgehead atoms. The topological polar surface area (TPSA) is 58.6 Å². The number of amides is 1. The number of benzene rings is 1. The zero-order valence-electron chi connectivity index (χ0n) is 8.78. The third kappa shape index (κ3) is 4.61. The predicted octanol–water partition coefficient (Wildman–Crippen LogP) is 0.965. The van der Waals surface area contributed by atoms with Gasteiger partial charge in [-0.15, -0.1) is 0 Å². The molecule has 0 heterocycles. The van der Waals surface area contributed by atoms with Gasteiger partial charge in [0.2, 0.25) is 5.91 Å². The summed E-state index contributed by atoms with van der Waals surface area (Å²) in [6, 6.07) is 7.30. The molecule has 0 aliphatic carbocycles. The lowest BCUT2D eigenvalue weighted by molar-refractivity contribution is -0.126. The van der Waals surface area contributed by atoms with Crippen LogP contribution in [0.15, 0.2) is 24.3 Å². The molecule has 0 aliphatic heterocycles. The van der Waals surface area contributed by atoms with Gasteiger partial charge in [0.15, 0.2) is 0 Å². The maximum atomic E-state index is 11.2. The van der Waals surface area contributed by atoms with Crippen molar-refractivity contribution >= 4 is 17.5 Å². The summed E-state index contributed by atoms with van der Waals surface area (Å²) in [5.41, 5.74) is 0.861. The van der Waals surface area contributed by atoms with Crippen LogP contribution in [-0.4, -0.2) is 30.8 Å². The number of carbonyl (C=O) groups excluding carboxylic acids is 1. The van der Waals surface area contributed by atoms with Crippen molar-refractivity contribution in [1.82, 2.24) is 5.32 Å². The van der Waals surface area contributed by atoms with Crippen molar-refractivity contribution < 1.29 is 14.6 Å². The Hall–Kier alpha value is -1.10. The second-order valence-corrected chi connectivity index (χ2v) is 3.55. The van der Waals surface area contributed by atoms with Crippen LogP contribution in [0.3, 0.4) is 0 Å². The van der Waals surface area contributed by atoms with Crippen molar-refractivity contribution in [2.45, 2.75) is 6.54 Å². The molecule has 1 aromatic rings. The summed E-state index contributed by atoms with van der Waals surface area (Å²) in [4.78, 5) is 11.2. The molecule has 1 rings (SSSR count). The summed E-state index contributed by atoms with van der Waals surface area (Å²) in [7, 11) is 0. The van der Waals surface area contributed by atoms with E-state index >= 15 is 0 Å². The van der Waals surface area contributed by atoms with Crippen LogP contribution in [-0.2, 0) is 16.1 Å². The molecule has 1 amide bonds. The first-order valence-corrected chi connectivity index (χ1v) is 5.30. The van der Waals surface area contributed by atoms with E-state index in [-0.39, 0.29) is 25.7 Å². The summed E-state index contributed by atoms with van der Waals surface area (Å²) in [6.45, 7) is 0.406. The van der Waals surface area contributed by atoms with E-state index < -0.39 is 0 Å². The van der Waals surface area contributed by atoms with Crippen molar-refractivity contribution in [1.29, 1.82) is 0 Å². The molecule has 1 aromatic carbocycles. The fraction of sp³-hybridized carbons (Fsp3) is 0.364. The van der Waals surface area contributed by atoms with Gasteiger partial charge >= 0.3 is 0 Å². The number of ether oxygens (including phenoxy) is 1. The lowest BCUT2D eigenvalue weighted by Gasteiger charge is -2.06. The Bertz CT molecular complexity index is 344. The minimum absolute atomic E-state index is 0.0506. The molecule has 0 aliphatic rings. The molecule has 0 unspecified atom stereocenters. The maximum absolute atomic E-state index is 11.2. The third-order valence-electron chi connectivity index (χ3n) is 1.90. The van der Waals surface area contributed by atoms with E-state index in [2.05, 4.69) is 5.32 Å². The molecule has 4 nitrogen and oxygen atoms in total. The standard InChI is InChI=1S/C11H14ClNO3/c12-10-4-2-1-3-9(10)7-13-11(15)8-16-6-5-14/h1-4,14H,5-8H2,(H,13,15). The number of nitrogens with one attached hydrogen (secondary N) is 1. The monoisotopic (exact) mass is 243 g/mol. The van der Waals surface area contributed by atoms with Crippen LogP contribution in [0.5, 0.6) is 0 Å². The molecule has 16 heavy (non-hydrogen) atoms. The number of hydrogen-bond acceptors (Lipinski definition) is 3. The zero-order valence-corrected chi connectivity index (χ0v) is 9.54. The molecular weight excluding hydrogens is 230 g/mol. The normalized spacial score (nSPS) is 10.1. The molecule has 5 heteroatoms. The van der Waals surface area contributed by atoms with Gasteiger partial charge in [-0.25, -0.2) is 0 Å². The zero-order chi connectivity index (χ0) is 11.8. The molecule has 88 valence electrons. The molecule has 0 spiro atoms. The van der Waals surface area contributed by atoms with Gasteiger partial charge in [0, 0.05) is 11.6 Å². The highest BCUT2D eigenvalue weighted by atomic mass is 35.5. The summed E-state index contributed by atoms with van der Waals surface area (Å²) in [6.07, 6.45) is 0. The van der Waals surface area contributed by atoms with Gasteiger partial charge in [0.05, 0.1) is 13.2 Å². The highest BCUT2D eigenvalue weighted by Gasteiger charge is 2.03. The first-order valence-electron chi connectivity index (χ1n) is 4.92. The van der Waals surface area contributed by atoms with E-state index in [1.54, 1.807) is 6.07 Å². The van der Waals surface area contributed by atoms with E-state index in [4.69, 9.17) is 21.4 Å². The Morgan fingerprint density at radius 3 is 2.88 bits per heavy atom. The number of aliphatic hydroxyl groups is 1. The van der Waals surface area contributed by atoms with Crippen LogP contribution >= 0.6 is 11.6 Å². The Labute approximate surface area is 99.2 Å². The van der Waals surface area contributed by atoms with Crippen molar-refractivity contribution in [3.05, 3.63) is 34.9 Å².